The molecule has 3 nitrogen and oxygen atoms in total. The summed E-state index contributed by atoms with van der Waals surface area (Å²) in [5.41, 5.74) is 0.896. The van der Waals surface area contributed by atoms with Gasteiger partial charge in [-0.1, -0.05) is 58.5 Å². The second-order valence-electron chi connectivity index (χ2n) is 5.39. The van der Waals surface area contributed by atoms with Crippen LogP contribution in [0.4, 0.5) is 0 Å². The molecule has 0 saturated heterocycles. The fraction of sp³-hybridized carbons (Fsp3) is 0.111. The summed E-state index contributed by atoms with van der Waals surface area (Å²) in [4.78, 5) is 4.03. The average molecular weight is 446 g/mol. The maximum absolute atomic E-state index is 6.63. The van der Waals surface area contributed by atoms with E-state index in [1.54, 1.807) is 53.6 Å². The van der Waals surface area contributed by atoms with E-state index >= 15 is 0 Å². The summed E-state index contributed by atoms with van der Waals surface area (Å²) in [6, 6.07) is 12.3. The van der Waals surface area contributed by atoms with Crippen molar-refractivity contribution in [3.05, 3.63) is 87.4 Å². The lowest BCUT2D eigenvalue weighted by molar-refractivity contribution is 0.168. The van der Waals surface area contributed by atoms with Crippen molar-refractivity contribution < 1.29 is 4.74 Å². The topological polar surface area (TPSA) is 27.1 Å². The van der Waals surface area contributed by atoms with Gasteiger partial charge in [0.1, 0.15) is 5.50 Å². The molecule has 0 aliphatic rings. The Labute approximate surface area is 176 Å². The number of thiocarbonyl (C=S) groups is 1. The number of imidazole rings is 1. The van der Waals surface area contributed by atoms with Gasteiger partial charge in [0.25, 0.3) is 0 Å². The molecule has 134 valence electrons. The first-order valence-corrected chi connectivity index (χ1v) is 9.46. The number of rotatable bonds is 5. The van der Waals surface area contributed by atoms with Crippen LogP contribution < -0.4 is 0 Å². The summed E-state index contributed by atoms with van der Waals surface area (Å²) in [7, 11) is 0. The first-order chi connectivity index (χ1) is 12.5. The SMILES string of the molecule is S=C(OC(c1ccc(Cl)cc1)C(Cl)n1ccnc1)c1ccc(Cl)c(Cl)c1. The summed E-state index contributed by atoms with van der Waals surface area (Å²) >= 11 is 30.1. The first-order valence-electron chi connectivity index (χ1n) is 7.48. The van der Waals surface area contributed by atoms with Crippen molar-refractivity contribution in [3.63, 3.8) is 0 Å². The Hall–Kier alpha value is -1.30. The molecule has 8 heteroatoms. The molecular weight excluding hydrogens is 434 g/mol. The lowest BCUT2D eigenvalue weighted by Gasteiger charge is -2.25. The molecule has 2 aromatic carbocycles. The Morgan fingerprint density at radius 2 is 1.77 bits per heavy atom. The van der Waals surface area contributed by atoms with Crippen molar-refractivity contribution in [1.82, 2.24) is 9.55 Å². The summed E-state index contributed by atoms with van der Waals surface area (Å²) in [5.74, 6) is 0. The van der Waals surface area contributed by atoms with Gasteiger partial charge in [0, 0.05) is 23.0 Å². The zero-order valence-electron chi connectivity index (χ0n) is 13.2. The number of hydrogen-bond donors (Lipinski definition) is 0. The van der Waals surface area contributed by atoms with Gasteiger partial charge in [0.15, 0.2) is 11.2 Å². The van der Waals surface area contributed by atoms with Gasteiger partial charge in [-0.3, -0.25) is 0 Å². The summed E-state index contributed by atoms with van der Waals surface area (Å²) in [6.45, 7) is 0. The molecule has 0 saturated carbocycles. The molecular formula is C18H12Cl4N2OS. The monoisotopic (exact) mass is 444 g/mol. The van der Waals surface area contributed by atoms with E-state index in [1.807, 2.05) is 12.1 Å². The minimum absolute atomic E-state index is 0.259. The number of hydrogen-bond acceptors (Lipinski definition) is 3. The van der Waals surface area contributed by atoms with Crippen LogP contribution in [0.2, 0.25) is 15.1 Å². The molecule has 0 aliphatic carbocycles. The fourth-order valence-corrected chi connectivity index (χ4v) is 3.28. The summed E-state index contributed by atoms with van der Waals surface area (Å²) < 4.78 is 7.78. The second kappa shape index (κ2) is 8.59. The minimum Gasteiger partial charge on any atom is -0.471 e. The molecule has 2 unspecified atom stereocenters. The lowest BCUT2D eigenvalue weighted by Crippen LogP contribution is -2.18. The van der Waals surface area contributed by atoms with Crippen LogP contribution in [0.15, 0.2) is 61.2 Å². The predicted molar refractivity (Wildman–Crippen MR) is 111 cm³/mol. The molecule has 0 aliphatic heterocycles. The number of alkyl halides is 1. The Morgan fingerprint density at radius 1 is 1.04 bits per heavy atom. The van der Waals surface area contributed by atoms with Gasteiger partial charge in [-0.25, -0.2) is 4.98 Å². The molecule has 0 bridgehead atoms. The molecule has 3 aromatic rings. The number of halogens is 4. The maximum atomic E-state index is 6.63. The van der Waals surface area contributed by atoms with E-state index in [4.69, 9.17) is 63.4 Å². The normalized spacial score (nSPS) is 13.2. The largest absolute Gasteiger partial charge is 0.471 e. The number of aromatic nitrogens is 2. The quantitative estimate of drug-likeness (QED) is 0.322. The van der Waals surface area contributed by atoms with Crippen LogP contribution in [0.3, 0.4) is 0 Å². The van der Waals surface area contributed by atoms with Crippen LogP contribution in [0.25, 0.3) is 0 Å². The van der Waals surface area contributed by atoms with Gasteiger partial charge in [0.05, 0.1) is 16.4 Å². The van der Waals surface area contributed by atoms with Crippen molar-refractivity contribution in [2.24, 2.45) is 0 Å². The molecule has 1 aromatic heterocycles. The molecule has 0 fully saturated rings. The standard InChI is InChI=1S/C18H12Cl4N2OS/c19-13-4-1-11(2-5-13)16(17(22)24-8-7-23-10-24)25-18(26)12-3-6-14(20)15(21)9-12/h1-10,16-17H. The van der Waals surface area contributed by atoms with E-state index in [0.29, 0.717) is 20.6 Å². The second-order valence-corrected chi connectivity index (χ2v) is 7.46. The highest BCUT2D eigenvalue weighted by Gasteiger charge is 2.26. The third kappa shape index (κ3) is 4.51. The van der Waals surface area contributed by atoms with Crippen molar-refractivity contribution in [3.8, 4) is 0 Å². The van der Waals surface area contributed by atoms with Gasteiger partial charge in [-0.05, 0) is 48.1 Å². The van der Waals surface area contributed by atoms with Gasteiger partial charge < -0.3 is 9.30 Å². The zero-order chi connectivity index (χ0) is 18.7. The Morgan fingerprint density at radius 3 is 2.38 bits per heavy atom. The fourth-order valence-electron chi connectivity index (χ4n) is 2.31. The maximum Gasteiger partial charge on any atom is 0.192 e. The van der Waals surface area contributed by atoms with Gasteiger partial charge in [-0.15, -0.1) is 0 Å². The molecule has 3 rings (SSSR count). The molecule has 0 radical (unpaired) electrons. The van der Waals surface area contributed by atoms with E-state index in [2.05, 4.69) is 4.98 Å². The molecule has 0 amide bonds. The Balaban J connectivity index is 1.91. The van der Waals surface area contributed by atoms with E-state index < -0.39 is 11.6 Å². The Bertz CT molecular complexity index is 900. The van der Waals surface area contributed by atoms with Crippen LogP contribution in [0.1, 0.15) is 22.7 Å². The highest BCUT2D eigenvalue weighted by atomic mass is 35.5. The smallest absolute Gasteiger partial charge is 0.192 e. The molecule has 0 spiro atoms. The highest BCUT2D eigenvalue weighted by molar-refractivity contribution is 7.80. The average Bonchev–Trinajstić information content (AvgIpc) is 3.17. The van der Waals surface area contributed by atoms with E-state index in [-0.39, 0.29) is 5.05 Å². The van der Waals surface area contributed by atoms with Crippen LogP contribution in [-0.4, -0.2) is 14.6 Å². The lowest BCUT2D eigenvalue weighted by atomic mass is 10.1. The summed E-state index contributed by atoms with van der Waals surface area (Å²) in [6.07, 6.45) is 4.45. The molecule has 2 atom stereocenters. The number of ether oxygens (including phenoxy) is 1. The number of nitrogens with zero attached hydrogens (tertiary/aromatic N) is 2. The van der Waals surface area contributed by atoms with Gasteiger partial charge in [-0.2, -0.15) is 0 Å². The summed E-state index contributed by atoms with van der Waals surface area (Å²) in [5, 5.41) is 1.72. The van der Waals surface area contributed by atoms with Crippen molar-refractivity contribution >= 4 is 63.7 Å². The highest BCUT2D eigenvalue weighted by Crippen LogP contribution is 2.35. The molecule has 1 heterocycles. The van der Waals surface area contributed by atoms with Crippen LogP contribution in [-0.2, 0) is 4.74 Å². The van der Waals surface area contributed by atoms with Crippen LogP contribution in [0.5, 0.6) is 0 Å². The Kier molecular flexibility index (Phi) is 6.43. The third-order valence-electron chi connectivity index (χ3n) is 3.65. The van der Waals surface area contributed by atoms with E-state index in [9.17, 15) is 0 Å². The first kappa shape index (κ1) is 19.5. The van der Waals surface area contributed by atoms with Gasteiger partial charge in [0.2, 0.25) is 0 Å². The van der Waals surface area contributed by atoms with Crippen molar-refractivity contribution in [2.45, 2.75) is 11.6 Å². The zero-order valence-corrected chi connectivity index (χ0v) is 17.0. The molecule has 26 heavy (non-hydrogen) atoms. The van der Waals surface area contributed by atoms with Crippen molar-refractivity contribution in [2.75, 3.05) is 0 Å². The predicted octanol–water partition coefficient (Wildman–Crippen LogP) is 6.71. The number of benzene rings is 2. The van der Waals surface area contributed by atoms with E-state index in [1.165, 1.54) is 0 Å². The minimum atomic E-state index is -0.570. The van der Waals surface area contributed by atoms with Crippen LogP contribution in [0, 0.1) is 0 Å². The van der Waals surface area contributed by atoms with Crippen molar-refractivity contribution in [1.29, 1.82) is 0 Å². The van der Waals surface area contributed by atoms with E-state index in [0.717, 1.165) is 5.56 Å². The molecule has 0 N–H and O–H groups in total. The van der Waals surface area contributed by atoms with Gasteiger partial charge >= 0.3 is 0 Å². The van der Waals surface area contributed by atoms with Crippen LogP contribution >= 0.6 is 58.6 Å². The third-order valence-corrected chi connectivity index (χ3v) is 5.42.